The van der Waals surface area contributed by atoms with Crippen molar-refractivity contribution in [3.8, 4) is 0 Å². The Balaban J connectivity index is 1.81. The fraction of sp³-hybridized carbons (Fsp3) is 0.600. The standard InChI is InChI=1S/C15H21ClN2O2S/c1-2-15(14(19)20,18-12-5-6-12)8-3-9-21-13-7-4-11(16)10-17-13/h4,7,10,12,18H,2-3,5-6,8-9H2,1H3,(H,19,20). The molecule has 116 valence electrons. The maximum absolute atomic E-state index is 11.6. The number of hydrogen-bond acceptors (Lipinski definition) is 4. The molecule has 0 aromatic carbocycles. The number of nitrogens with zero attached hydrogens (tertiary/aromatic N) is 1. The van der Waals surface area contributed by atoms with Crippen LogP contribution in [0.4, 0.5) is 0 Å². The second kappa shape index (κ2) is 7.47. The monoisotopic (exact) mass is 328 g/mol. The van der Waals surface area contributed by atoms with Crippen LogP contribution in [0.15, 0.2) is 23.4 Å². The molecular weight excluding hydrogens is 308 g/mol. The Morgan fingerprint density at radius 3 is 2.86 bits per heavy atom. The number of nitrogens with one attached hydrogen (secondary N) is 1. The van der Waals surface area contributed by atoms with Gasteiger partial charge in [-0.3, -0.25) is 10.1 Å². The smallest absolute Gasteiger partial charge is 0.323 e. The number of thioether (sulfide) groups is 1. The van der Waals surface area contributed by atoms with E-state index < -0.39 is 11.5 Å². The molecule has 1 saturated carbocycles. The molecule has 1 heterocycles. The molecule has 0 amide bonds. The average molecular weight is 329 g/mol. The van der Waals surface area contributed by atoms with E-state index in [-0.39, 0.29) is 0 Å². The maximum Gasteiger partial charge on any atom is 0.323 e. The molecule has 1 unspecified atom stereocenters. The fourth-order valence-corrected chi connectivity index (χ4v) is 3.19. The first kappa shape index (κ1) is 16.6. The van der Waals surface area contributed by atoms with Gasteiger partial charge in [0.05, 0.1) is 10.0 Å². The van der Waals surface area contributed by atoms with E-state index in [1.807, 2.05) is 19.1 Å². The second-order valence-electron chi connectivity index (χ2n) is 5.43. The fourth-order valence-electron chi connectivity index (χ4n) is 2.29. The van der Waals surface area contributed by atoms with Crippen molar-refractivity contribution in [1.29, 1.82) is 0 Å². The van der Waals surface area contributed by atoms with Crippen LogP contribution in [0.5, 0.6) is 0 Å². The molecular formula is C15H21ClN2O2S. The number of rotatable bonds is 9. The summed E-state index contributed by atoms with van der Waals surface area (Å²) in [7, 11) is 0. The number of aromatic nitrogens is 1. The van der Waals surface area contributed by atoms with E-state index in [2.05, 4.69) is 10.3 Å². The highest BCUT2D eigenvalue weighted by atomic mass is 35.5. The predicted octanol–water partition coefficient (Wildman–Crippen LogP) is 3.59. The summed E-state index contributed by atoms with van der Waals surface area (Å²) in [5.41, 5.74) is -0.769. The van der Waals surface area contributed by atoms with Gasteiger partial charge in [0.2, 0.25) is 0 Å². The van der Waals surface area contributed by atoms with Crippen LogP contribution in [-0.4, -0.2) is 33.4 Å². The third-order valence-electron chi connectivity index (χ3n) is 3.77. The number of halogens is 1. The van der Waals surface area contributed by atoms with E-state index in [0.29, 0.717) is 23.9 Å². The van der Waals surface area contributed by atoms with Crippen LogP contribution in [0.1, 0.15) is 39.0 Å². The number of hydrogen-bond donors (Lipinski definition) is 2. The lowest BCUT2D eigenvalue weighted by Crippen LogP contribution is -2.52. The molecule has 21 heavy (non-hydrogen) atoms. The predicted molar refractivity (Wildman–Crippen MR) is 86.0 cm³/mol. The quantitative estimate of drug-likeness (QED) is 0.536. The van der Waals surface area contributed by atoms with Crippen molar-refractivity contribution in [1.82, 2.24) is 10.3 Å². The highest BCUT2D eigenvalue weighted by molar-refractivity contribution is 7.99. The SMILES string of the molecule is CCC(CCCSc1ccc(Cl)cn1)(NC1CC1)C(=O)O. The van der Waals surface area contributed by atoms with Gasteiger partial charge < -0.3 is 5.11 Å². The molecule has 0 saturated heterocycles. The molecule has 1 aromatic heterocycles. The van der Waals surface area contributed by atoms with Crippen molar-refractivity contribution in [2.24, 2.45) is 0 Å². The van der Waals surface area contributed by atoms with Gasteiger partial charge in [0.1, 0.15) is 5.54 Å². The topological polar surface area (TPSA) is 62.2 Å². The minimum Gasteiger partial charge on any atom is -0.480 e. The number of pyridine rings is 1. The van der Waals surface area contributed by atoms with Gasteiger partial charge in [-0.15, -0.1) is 11.8 Å². The molecule has 1 aliphatic rings. The molecule has 1 aromatic rings. The summed E-state index contributed by atoms with van der Waals surface area (Å²) in [5, 5.41) is 14.4. The first-order valence-corrected chi connectivity index (χ1v) is 8.67. The minimum absolute atomic E-state index is 0.395. The van der Waals surface area contributed by atoms with Crippen LogP contribution in [0.2, 0.25) is 5.02 Å². The number of carboxylic acids is 1. The minimum atomic E-state index is -0.769. The molecule has 2 rings (SSSR count). The van der Waals surface area contributed by atoms with Crippen molar-refractivity contribution in [2.45, 2.75) is 55.6 Å². The maximum atomic E-state index is 11.6. The Labute approximate surface area is 134 Å². The van der Waals surface area contributed by atoms with Gasteiger partial charge in [-0.2, -0.15) is 0 Å². The van der Waals surface area contributed by atoms with Gasteiger partial charge in [0.15, 0.2) is 0 Å². The lowest BCUT2D eigenvalue weighted by Gasteiger charge is -2.29. The average Bonchev–Trinajstić information content (AvgIpc) is 3.27. The van der Waals surface area contributed by atoms with Crippen molar-refractivity contribution in [3.05, 3.63) is 23.4 Å². The summed E-state index contributed by atoms with van der Waals surface area (Å²) in [5.74, 6) is 0.127. The van der Waals surface area contributed by atoms with Gasteiger partial charge in [-0.05, 0) is 50.0 Å². The first-order valence-electron chi connectivity index (χ1n) is 7.31. The number of carbonyl (C=O) groups is 1. The Hall–Kier alpha value is -0.780. The van der Waals surface area contributed by atoms with E-state index >= 15 is 0 Å². The van der Waals surface area contributed by atoms with Gasteiger partial charge in [-0.1, -0.05) is 18.5 Å². The Bertz CT molecular complexity index is 479. The summed E-state index contributed by atoms with van der Waals surface area (Å²) in [6, 6.07) is 4.10. The normalized spacial score (nSPS) is 17.4. The zero-order valence-corrected chi connectivity index (χ0v) is 13.7. The highest BCUT2D eigenvalue weighted by Gasteiger charge is 2.40. The van der Waals surface area contributed by atoms with Gasteiger partial charge >= 0.3 is 5.97 Å². The van der Waals surface area contributed by atoms with Crippen LogP contribution in [0.3, 0.4) is 0 Å². The van der Waals surface area contributed by atoms with Crippen molar-refractivity contribution in [2.75, 3.05) is 5.75 Å². The van der Waals surface area contributed by atoms with E-state index in [1.165, 1.54) is 0 Å². The molecule has 0 bridgehead atoms. The zero-order chi connectivity index (χ0) is 15.3. The molecule has 0 aliphatic heterocycles. The summed E-state index contributed by atoms with van der Waals surface area (Å²) >= 11 is 7.43. The lowest BCUT2D eigenvalue weighted by molar-refractivity contribution is -0.145. The molecule has 1 atom stereocenters. The zero-order valence-electron chi connectivity index (χ0n) is 12.1. The Morgan fingerprint density at radius 1 is 1.57 bits per heavy atom. The van der Waals surface area contributed by atoms with E-state index in [0.717, 1.165) is 30.0 Å². The molecule has 1 fully saturated rings. The van der Waals surface area contributed by atoms with Crippen LogP contribution in [-0.2, 0) is 4.79 Å². The summed E-state index contributed by atoms with van der Waals surface area (Å²) in [4.78, 5) is 15.8. The van der Waals surface area contributed by atoms with Crippen LogP contribution >= 0.6 is 23.4 Å². The third-order valence-corrected chi connectivity index (χ3v) is 5.02. The summed E-state index contributed by atoms with van der Waals surface area (Å²) < 4.78 is 0. The Kier molecular flexibility index (Phi) is 5.90. The molecule has 2 N–H and O–H groups in total. The van der Waals surface area contributed by atoms with Crippen LogP contribution < -0.4 is 5.32 Å². The molecule has 1 aliphatic carbocycles. The first-order chi connectivity index (χ1) is 10.1. The number of aliphatic carboxylic acids is 1. The van der Waals surface area contributed by atoms with Crippen LogP contribution in [0, 0.1) is 0 Å². The molecule has 0 spiro atoms. The van der Waals surface area contributed by atoms with Crippen molar-refractivity contribution < 1.29 is 9.90 Å². The lowest BCUT2D eigenvalue weighted by atomic mass is 9.90. The van der Waals surface area contributed by atoms with Crippen molar-refractivity contribution >= 4 is 29.3 Å². The summed E-state index contributed by atoms with van der Waals surface area (Å²) in [6.07, 6.45) is 5.93. The molecule has 4 nitrogen and oxygen atoms in total. The second-order valence-corrected chi connectivity index (χ2v) is 6.98. The Morgan fingerprint density at radius 2 is 2.33 bits per heavy atom. The molecule has 0 radical (unpaired) electrons. The molecule has 6 heteroatoms. The van der Waals surface area contributed by atoms with E-state index in [4.69, 9.17) is 11.6 Å². The van der Waals surface area contributed by atoms with Crippen LogP contribution in [0.25, 0.3) is 0 Å². The van der Waals surface area contributed by atoms with Gasteiger partial charge in [0.25, 0.3) is 0 Å². The number of carboxylic acid groups (broad SMARTS) is 1. The van der Waals surface area contributed by atoms with Gasteiger partial charge in [0, 0.05) is 12.2 Å². The van der Waals surface area contributed by atoms with E-state index in [9.17, 15) is 9.90 Å². The summed E-state index contributed by atoms with van der Waals surface area (Å²) in [6.45, 7) is 1.94. The highest BCUT2D eigenvalue weighted by Crippen LogP contribution is 2.28. The largest absolute Gasteiger partial charge is 0.480 e. The van der Waals surface area contributed by atoms with Crippen molar-refractivity contribution in [3.63, 3.8) is 0 Å². The van der Waals surface area contributed by atoms with Gasteiger partial charge in [-0.25, -0.2) is 4.98 Å². The van der Waals surface area contributed by atoms with E-state index in [1.54, 1.807) is 18.0 Å². The third kappa shape index (κ3) is 4.87.